The maximum absolute atomic E-state index is 2.43. The van der Waals surface area contributed by atoms with Gasteiger partial charge in [-0.3, -0.25) is 0 Å². The second kappa shape index (κ2) is 5.49. The van der Waals surface area contributed by atoms with Gasteiger partial charge in [-0.25, -0.2) is 0 Å². The van der Waals surface area contributed by atoms with E-state index in [1.54, 1.807) is 0 Å². The average molecular weight is 411 g/mol. The van der Waals surface area contributed by atoms with Crippen LogP contribution in [0.5, 0.6) is 0 Å². The number of hydrogen-bond donors (Lipinski definition) is 0. The van der Waals surface area contributed by atoms with Gasteiger partial charge in [-0.05, 0) is 0 Å². The van der Waals surface area contributed by atoms with E-state index in [0.717, 1.165) is 22.5 Å². The molecule has 1 aliphatic carbocycles. The van der Waals surface area contributed by atoms with Crippen LogP contribution in [0, 0.1) is 0 Å². The molecule has 2 radical (unpaired) electrons. The molecule has 4 aromatic carbocycles. The summed E-state index contributed by atoms with van der Waals surface area (Å²) in [6, 6.07) is 31.2. The zero-order valence-electron chi connectivity index (χ0n) is 13.2. The molecular weight excluding hydrogens is 395 g/mol. The van der Waals surface area contributed by atoms with Crippen molar-refractivity contribution in [2.24, 2.45) is 0 Å². The van der Waals surface area contributed by atoms with Gasteiger partial charge in [0.15, 0.2) is 0 Å². The molecule has 4 aromatic rings. The van der Waals surface area contributed by atoms with Gasteiger partial charge < -0.3 is 0 Å². The quantitative estimate of drug-likeness (QED) is 0.356. The van der Waals surface area contributed by atoms with E-state index >= 15 is 0 Å². The summed E-state index contributed by atoms with van der Waals surface area (Å²) in [6.07, 6.45) is 0. The van der Waals surface area contributed by atoms with Crippen LogP contribution in [0.1, 0.15) is 22.6 Å². The summed E-state index contributed by atoms with van der Waals surface area (Å²) in [6.45, 7) is 0. The van der Waals surface area contributed by atoms with Crippen LogP contribution in [0.4, 0.5) is 0 Å². The molecule has 1 heteroatoms. The molecule has 0 spiro atoms. The number of fused-ring (bicyclic) bond motifs is 5. The standard InChI is InChI=1S/C23H15.Sn.H/c1-2-9-17(10-3-1)22-20-13-7-6-12-19(20)21-15-14-16-8-4-5-11-18(16)23(21)22;;/h1-13,15,22H;;. The van der Waals surface area contributed by atoms with Crippen molar-refractivity contribution < 1.29 is 0 Å². The summed E-state index contributed by atoms with van der Waals surface area (Å²) < 4.78 is 1.48. The van der Waals surface area contributed by atoms with Crippen molar-refractivity contribution >= 4 is 36.9 Å². The second-order valence-electron chi connectivity index (χ2n) is 6.40. The van der Waals surface area contributed by atoms with E-state index < -0.39 is 0 Å². The SMILES string of the molecule is [SnH][c]1cc2c(c3ccccc13)C(c1ccccc1)c1ccccc1-2. The molecule has 112 valence electrons. The Bertz CT molecular complexity index is 1060. The minimum absolute atomic E-state index is 0.337. The van der Waals surface area contributed by atoms with Gasteiger partial charge in [0.05, 0.1) is 0 Å². The van der Waals surface area contributed by atoms with Gasteiger partial charge in [0.2, 0.25) is 0 Å². The van der Waals surface area contributed by atoms with Crippen molar-refractivity contribution in [1.29, 1.82) is 0 Å². The van der Waals surface area contributed by atoms with Crippen molar-refractivity contribution in [1.82, 2.24) is 0 Å². The number of hydrogen-bond acceptors (Lipinski definition) is 0. The van der Waals surface area contributed by atoms with Crippen LogP contribution in [-0.4, -0.2) is 22.5 Å². The molecule has 0 saturated heterocycles. The van der Waals surface area contributed by atoms with Crippen molar-refractivity contribution in [3.63, 3.8) is 0 Å². The zero-order chi connectivity index (χ0) is 16.1. The predicted molar refractivity (Wildman–Crippen MR) is 104 cm³/mol. The summed E-state index contributed by atoms with van der Waals surface area (Å²) >= 11 is 1.14. The third kappa shape index (κ3) is 1.99. The first-order chi connectivity index (χ1) is 11.8. The van der Waals surface area contributed by atoms with E-state index in [9.17, 15) is 0 Å². The van der Waals surface area contributed by atoms with Crippen molar-refractivity contribution in [3.8, 4) is 11.1 Å². The second-order valence-corrected chi connectivity index (χ2v) is 8.18. The number of rotatable bonds is 1. The Balaban J connectivity index is 1.93. The first kappa shape index (κ1) is 14.3. The molecule has 0 amide bonds. The Morgan fingerprint density at radius 2 is 1.29 bits per heavy atom. The van der Waals surface area contributed by atoms with E-state index in [-0.39, 0.29) is 0 Å². The molecule has 0 fully saturated rings. The van der Waals surface area contributed by atoms with Crippen molar-refractivity contribution in [3.05, 3.63) is 102 Å². The average Bonchev–Trinajstić information content (AvgIpc) is 2.97. The fourth-order valence-electron chi connectivity index (χ4n) is 4.10. The zero-order valence-corrected chi connectivity index (χ0v) is 16.5. The molecule has 0 saturated carbocycles. The molecule has 0 N–H and O–H groups in total. The molecule has 0 nitrogen and oxygen atoms in total. The number of benzene rings is 4. The van der Waals surface area contributed by atoms with E-state index in [2.05, 4.69) is 84.9 Å². The summed E-state index contributed by atoms with van der Waals surface area (Å²) in [5.74, 6) is 0.337. The normalized spacial score (nSPS) is 15.3. The summed E-state index contributed by atoms with van der Waals surface area (Å²) in [5.41, 5.74) is 7.14. The van der Waals surface area contributed by atoms with Crippen molar-refractivity contribution in [2.45, 2.75) is 5.92 Å². The molecule has 0 heterocycles. The third-order valence-electron chi connectivity index (χ3n) is 5.10. The van der Waals surface area contributed by atoms with Crippen LogP contribution in [0.25, 0.3) is 21.9 Å². The molecule has 5 rings (SSSR count). The predicted octanol–water partition coefficient (Wildman–Crippen LogP) is 4.53. The van der Waals surface area contributed by atoms with E-state index in [0.29, 0.717) is 5.92 Å². The minimum atomic E-state index is 0.337. The Morgan fingerprint density at radius 1 is 0.625 bits per heavy atom. The molecule has 24 heavy (non-hydrogen) atoms. The van der Waals surface area contributed by atoms with E-state index in [1.807, 2.05) is 0 Å². The van der Waals surface area contributed by atoms with Crippen LogP contribution in [-0.2, 0) is 0 Å². The van der Waals surface area contributed by atoms with Crippen LogP contribution in [0.15, 0.2) is 84.9 Å². The Morgan fingerprint density at radius 3 is 2.12 bits per heavy atom. The van der Waals surface area contributed by atoms with Gasteiger partial charge in [0.1, 0.15) is 0 Å². The van der Waals surface area contributed by atoms with Gasteiger partial charge in [0.25, 0.3) is 0 Å². The van der Waals surface area contributed by atoms with Crippen LogP contribution in [0.2, 0.25) is 0 Å². The first-order valence-electron chi connectivity index (χ1n) is 8.30. The van der Waals surface area contributed by atoms with Gasteiger partial charge in [0, 0.05) is 0 Å². The van der Waals surface area contributed by atoms with Gasteiger partial charge in [-0.15, -0.1) is 0 Å². The monoisotopic (exact) mass is 412 g/mol. The summed E-state index contributed by atoms with van der Waals surface area (Å²) in [7, 11) is 0. The molecule has 0 bridgehead atoms. The van der Waals surface area contributed by atoms with E-state index in [4.69, 9.17) is 0 Å². The van der Waals surface area contributed by atoms with Crippen molar-refractivity contribution in [2.75, 3.05) is 0 Å². The molecule has 1 unspecified atom stereocenters. The molecule has 1 atom stereocenters. The summed E-state index contributed by atoms with van der Waals surface area (Å²) in [5, 5.41) is 2.84. The van der Waals surface area contributed by atoms with Crippen LogP contribution >= 0.6 is 0 Å². The Hall–Kier alpha value is -2.06. The molecule has 0 aromatic heterocycles. The third-order valence-corrected chi connectivity index (χ3v) is 6.47. The first-order valence-corrected chi connectivity index (χ1v) is 9.95. The molecule has 1 aliphatic rings. The fourth-order valence-corrected chi connectivity index (χ4v) is 5.30. The molecular formula is C23H16Sn. The summed E-state index contributed by atoms with van der Waals surface area (Å²) in [4.78, 5) is 0. The van der Waals surface area contributed by atoms with E-state index in [1.165, 1.54) is 42.2 Å². The van der Waals surface area contributed by atoms with Crippen LogP contribution < -0.4 is 3.58 Å². The van der Waals surface area contributed by atoms with Gasteiger partial charge in [-0.2, -0.15) is 0 Å². The maximum atomic E-state index is 2.43. The topological polar surface area (TPSA) is 0 Å². The molecule has 0 aliphatic heterocycles. The Kier molecular flexibility index (Phi) is 3.27. The van der Waals surface area contributed by atoms with Gasteiger partial charge in [-0.1, -0.05) is 0 Å². The Labute approximate surface area is 155 Å². The fraction of sp³-hybridized carbons (Fsp3) is 0.0435. The van der Waals surface area contributed by atoms with Gasteiger partial charge >= 0.3 is 156 Å². The van der Waals surface area contributed by atoms with Crippen LogP contribution in [0.3, 0.4) is 0 Å².